The van der Waals surface area contributed by atoms with Gasteiger partial charge >= 0.3 is 0 Å². The topological polar surface area (TPSA) is 35.5 Å². The second-order valence-electron chi connectivity index (χ2n) is 7.26. The number of Topliss-reactive ketones (excluding diaryl/α,β-unsaturated/α-hetero) is 1. The van der Waals surface area contributed by atoms with Crippen LogP contribution in [-0.2, 0) is 14.3 Å². The van der Waals surface area contributed by atoms with Crippen molar-refractivity contribution in [3.63, 3.8) is 0 Å². The van der Waals surface area contributed by atoms with E-state index in [2.05, 4.69) is 32.8 Å². The summed E-state index contributed by atoms with van der Waals surface area (Å²) < 4.78 is 11.6. The lowest BCUT2D eigenvalue weighted by Crippen LogP contribution is -2.50. The monoisotopic (exact) mass is 326 g/mol. The number of rotatable bonds is 1. The van der Waals surface area contributed by atoms with Crippen LogP contribution in [0.25, 0.3) is 0 Å². The van der Waals surface area contributed by atoms with Crippen LogP contribution in [0.2, 0.25) is 0 Å². The molecule has 0 aromatic carbocycles. The van der Waals surface area contributed by atoms with Crippen molar-refractivity contribution < 1.29 is 14.3 Å². The highest BCUT2D eigenvalue weighted by atomic mass is 16.5. The Hall–Kier alpha value is -2.05. The van der Waals surface area contributed by atoms with Crippen LogP contribution in [-0.4, -0.2) is 25.1 Å². The van der Waals surface area contributed by atoms with Gasteiger partial charge in [0.15, 0.2) is 11.5 Å². The van der Waals surface area contributed by atoms with Gasteiger partial charge in [0.05, 0.1) is 13.2 Å². The summed E-state index contributed by atoms with van der Waals surface area (Å²) in [7, 11) is 0. The number of ether oxygens (including phenoxy) is 2. The third-order valence-electron chi connectivity index (χ3n) is 4.85. The van der Waals surface area contributed by atoms with Gasteiger partial charge in [0.1, 0.15) is 11.5 Å². The number of ketones is 1. The lowest BCUT2D eigenvalue weighted by molar-refractivity contribution is -0.120. The van der Waals surface area contributed by atoms with E-state index in [1.807, 2.05) is 25.2 Å². The predicted octanol–water partition coefficient (Wildman–Crippen LogP) is 3.98. The lowest BCUT2D eigenvalue weighted by atomic mass is 9.75. The summed E-state index contributed by atoms with van der Waals surface area (Å²) in [5, 5.41) is 0. The first-order valence-corrected chi connectivity index (χ1v) is 8.20. The molecule has 1 saturated heterocycles. The van der Waals surface area contributed by atoms with E-state index in [4.69, 9.17) is 15.9 Å². The van der Waals surface area contributed by atoms with Crippen molar-refractivity contribution >= 4 is 5.78 Å². The van der Waals surface area contributed by atoms with Gasteiger partial charge in [-0.3, -0.25) is 4.79 Å². The second-order valence-corrected chi connectivity index (χ2v) is 7.26. The minimum absolute atomic E-state index is 0.123. The van der Waals surface area contributed by atoms with Crippen LogP contribution in [0.5, 0.6) is 0 Å². The molecular weight excluding hydrogens is 300 g/mol. The Morgan fingerprint density at radius 1 is 1.25 bits per heavy atom. The normalized spacial score (nSPS) is 37.5. The summed E-state index contributed by atoms with van der Waals surface area (Å²) >= 11 is 0. The third-order valence-corrected chi connectivity index (χ3v) is 4.85. The first kappa shape index (κ1) is 18.3. The zero-order chi connectivity index (χ0) is 18.0. The van der Waals surface area contributed by atoms with E-state index < -0.39 is 5.41 Å². The van der Waals surface area contributed by atoms with E-state index in [0.717, 1.165) is 5.57 Å². The standard InChI is InChI=1S/C21H26O3/c1-7-21-12-18(17(4)22)23-13-20(5,6)16(3)11-9-8-10-15(2)19(21)24-14-21/h1,8-12,19H,13-14H2,2-6H3/b9-8-,15-10+,16-11+,18-12-. The Morgan fingerprint density at radius 2 is 1.92 bits per heavy atom. The first-order chi connectivity index (χ1) is 11.2. The van der Waals surface area contributed by atoms with E-state index in [-0.39, 0.29) is 17.3 Å². The summed E-state index contributed by atoms with van der Waals surface area (Å²) in [6.07, 6.45) is 15.4. The molecule has 3 nitrogen and oxygen atoms in total. The van der Waals surface area contributed by atoms with Crippen molar-refractivity contribution in [1.82, 2.24) is 0 Å². The molecule has 3 heteroatoms. The van der Waals surface area contributed by atoms with Crippen LogP contribution >= 0.6 is 0 Å². The zero-order valence-electron chi connectivity index (χ0n) is 15.2. The number of hydrogen-bond acceptors (Lipinski definition) is 3. The zero-order valence-corrected chi connectivity index (χ0v) is 15.2. The maximum Gasteiger partial charge on any atom is 0.194 e. The molecule has 2 atom stereocenters. The Kier molecular flexibility index (Phi) is 5.20. The molecule has 0 saturated carbocycles. The van der Waals surface area contributed by atoms with Gasteiger partial charge in [-0.1, -0.05) is 49.6 Å². The minimum Gasteiger partial charge on any atom is -0.489 e. The Balaban J connectivity index is 2.50. The second kappa shape index (κ2) is 6.83. The number of carbonyl (C=O) groups excluding carboxylic acids is 1. The average molecular weight is 326 g/mol. The van der Waals surface area contributed by atoms with E-state index in [9.17, 15) is 4.79 Å². The summed E-state index contributed by atoms with van der Waals surface area (Å²) in [5.41, 5.74) is 1.39. The van der Waals surface area contributed by atoms with Crippen LogP contribution < -0.4 is 0 Å². The van der Waals surface area contributed by atoms with Crippen molar-refractivity contribution in [2.75, 3.05) is 13.2 Å². The highest BCUT2D eigenvalue weighted by Crippen LogP contribution is 2.41. The minimum atomic E-state index is -0.629. The van der Waals surface area contributed by atoms with Crippen molar-refractivity contribution in [2.45, 2.75) is 40.7 Å². The first-order valence-electron chi connectivity index (χ1n) is 8.20. The summed E-state index contributed by atoms with van der Waals surface area (Å²) in [4.78, 5) is 12.0. The quantitative estimate of drug-likeness (QED) is 0.684. The van der Waals surface area contributed by atoms with Crippen molar-refractivity contribution in [3.05, 3.63) is 47.3 Å². The smallest absolute Gasteiger partial charge is 0.194 e. The van der Waals surface area contributed by atoms with E-state index in [1.165, 1.54) is 12.5 Å². The molecule has 2 heterocycles. The fraction of sp³-hybridized carbons (Fsp3) is 0.476. The molecule has 0 aromatic heterocycles. The molecule has 2 aliphatic heterocycles. The highest BCUT2D eigenvalue weighted by molar-refractivity contribution is 5.91. The lowest BCUT2D eigenvalue weighted by Gasteiger charge is -2.44. The molecule has 24 heavy (non-hydrogen) atoms. The van der Waals surface area contributed by atoms with Crippen molar-refractivity contribution in [1.29, 1.82) is 0 Å². The maximum atomic E-state index is 12.0. The van der Waals surface area contributed by atoms with Gasteiger partial charge in [0.2, 0.25) is 0 Å². The van der Waals surface area contributed by atoms with Crippen LogP contribution in [0.1, 0.15) is 34.6 Å². The molecule has 2 unspecified atom stereocenters. The van der Waals surface area contributed by atoms with Crippen LogP contribution in [0.4, 0.5) is 0 Å². The molecule has 128 valence electrons. The number of hydrogen-bond donors (Lipinski definition) is 0. The molecular formula is C21H26O3. The fourth-order valence-corrected chi connectivity index (χ4v) is 2.73. The van der Waals surface area contributed by atoms with Crippen LogP contribution in [0, 0.1) is 23.2 Å². The molecule has 2 aliphatic rings. The van der Waals surface area contributed by atoms with Gasteiger partial charge in [0.25, 0.3) is 0 Å². The predicted molar refractivity (Wildman–Crippen MR) is 96.2 cm³/mol. The summed E-state index contributed by atoms with van der Waals surface area (Å²) in [6, 6.07) is 0. The average Bonchev–Trinajstić information content (AvgIpc) is 2.49. The highest BCUT2D eigenvalue weighted by Gasteiger charge is 2.47. The fourth-order valence-electron chi connectivity index (χ4n) is 2.73. The Bertz CT molecular complexity index is 682. The van der Waals surface area contributed by atoms with Crippen LogP contribution in [0.3, 0.4) is 0 Å². The maximum absolute atomic E-state index is 12.0. The molecule has 0 N–H and O–H groups in total. The van der Waals surface area contributed by atoms with Gasteiger partial charge in [-0.2, -0.15) is 0 Å². The van der Waals surface area contributed by atoms with Crippen molar-refractivity contribution in [3.8, 4) is 12.3 Å². The summed E-state index contributed by atoms with van der Waals surface area (Å²) in [6.45, 7) is 10.5. The summed E-state index contributed by atoms with van der Waals surface area (Å²) in [5.74, 6) is 3.02. The molecule has 1 fully saturated rings. The molecule has 0 aliphatic carbocycles. The van der Waals surface area contributed by atoms with Crippen LogP contribution in [0.15, 0.2) is 47.3 Å². The molecule has 2 rings (SSSR count). The molecule has 0 radical (unpaired) electrons. The molecule has 0 bridgehead atoms. The van der Waals surface area contributed by atoms with E-state index in [0.29, 0.717) is 19.0 Å². The van der Waals surface area contributed by atoms with Crippen molar-refractivity contribution in [2.24, 2.45) is 10.8 Å². The van der Waals surface area contributed by atoms with Gasteiger partial charge < -0.3 is 9.47 Å². The van der Waals surface area contributed by atoms with E-state index in [1.54, 1.807) is 6.08 Å². The Labute approximate surface area is 145 Å². The Morgan fingerprint density at radius 3 is 2.46 bits per heavy atom. The van der Waals surface area contributed by atoms with Gasteiger partial charge in [-0.15, -0.1) is 6.42 Å². The third kappa shape index (κ3) is 3.55. The van der Waals surface area contributed by atoms with E-state index >= 15 is 0 Å². The molecule has 0 amide bonds. The number of terminal acetylenes is 1. The number of fused-ring (bicyclic) bond motifs is 1. The molecule has 0 spiro atoms. The number of carbonyl (C=O) groups is 1. The largest absolute Gasteiger partial charge is 0.489 e. The van der Waals surface area contributed by atoms with Gasteiger partial charge in [-0.05, 0) is 25.5 Å². The van der Waals surface area contributed by atoms with Gasteiger partial charge in [-0.25, -0.2) is 0 Å². The SMILES string of the molecule is C#CC12/C=C(/C(C)=O)OCC(C)(C)/C(C)=C/C=C\C=C(/C)C1OC2. The molecule has 0 aromatic rings. The number of allylic oxidation sites excluding steroid dienone is 5. The van der Waals surface area contributed by atoms with Gasteiger partial charge in [0, 0.05) is 12.3 Å².